The van der Waals surface area contributed by atoms with E-state index >= 15 is 0 Å². The molecule has 1 N–H and O–H groups in total. The first kappa shape index (κ1) is 12.7. The Balaban J connectivity index is 2.10. The van der Waals surface area contributed by atoms with Crippen LogP contribution in [0.2, 0.25) is 5.02 Å². The van der Waals surface area contributed by atoms with Crippen LogP contribution in [0, 0.1) is 11.7 Å². The molecule has 0 aliphatic heterocycles. The van der Waals surface area contributed by atoms with Gasteiger partial charge in [-0.25, -0.2) is 4.39 Å². The maximum Gasteiger partial charge on any atom is 0.125 e. The lowest BCUT2D eigenvalue weighted by molar-refractivity contribution is 0.317. The number of benzene rings is 1. The van der Waals surface area contributed by atoms with Gasteiger partial charge in [-0.15, -0.1) is 0 Å². The molecule has 1 aliphatic rings. The fourth-order valence-electron chi connectivity index (χ4n) is 2.69. The molecule has 2 unspecified atom stereocenters. The van der Waals surface area contributed by atoms with E-state index in [9.17, 15) is 4.39 Å². The zero-order valence-corrected chi connectivity index (χ0v) is 10.9. The second-order valence-electron chi connectivity index (χ2n) is 4.83. The van der Waals surface area contributed by atoms with Crippen LogP contribution < -0.4 is 5.32 Å². The molecule has 2 rings (SSSR count). The molecule has 0 aromatic heterocycles. The Hall–Kier alpha value is -0.760. The fraction of sp³-hybridized carbons (Fsp3) is 0.571. The van der Waals surface area contributed by atoms with E-state index in [1.807, 2.05) is 0 Å². The summed E-state index contributed by atoms with van der Waals surface area (Å²) >= 11 is 6.08. The molecule has 1 aromatic rings. The van der Waals surface area contributed by atoms with E-state index < -0.39 is 0 Å². The fourth-order valence-corrected chi connectivity index (χ4v) is 2.87. The second-order valence-corrected chi connectivity index (χ2v) is 5.23. The Bertz CT molecular complexity index is 380. The average molecular weight is 256 g/mol. The summed E-state index contributed by atoms with van der Waals surface area (Å²) < 4.78 is 13.2. The number of hydrogen-bond acceptors (Lipinski definition) is 1. The minimum absolute atomic E-state index is 0.235. The summed E-state index contributed by atoms with van der Waals surface area (Å²) in [6.07, 6.45) is 6.16. The molecular formula is C14H19ClFN. The van der Waals surface area contributed by atoms with Crippen molar-refractivity contribution < 1.29 is 4.39 Å². The van der Waals surface area contributed by atoms with Gasteiger partial charge in [-0.05, 0) is 37.0 Å². The first-order chi connectivity index (χ1) is 8.20. The number of halogens is 2. The Labute approximate surface area is 107 Å². The Morgan fingerprint density at radius 3 is 2.88 bits per heavy atom. The molecule has 1 aromatic carbocycles. The molecule has 0 radical (unpaired) electrons. The standard InChI is InChI=1S/C14H19ClFN/c1-2-10-5-3-4-6-13(10)17-14-9-11(16)7-8-12(14)15/h7-10,13,17H,2-6H2,1H3. The maximum absolute atomic E-state index is 13.2. The van der Waals surface area contributed by atoms with Crippen LogP contribution in [0.3, 0.4) is 0 Å². The van der Waals surface area contributed by atoms with Gasteiger partial charge >= 0.3 is 0 Å². The van der Waals surface area contributed by atoms with Gasteiger partial charge in [-0.1, -0.05) is 37.8 Å². The highest BCUT2D eigenvalue weighted by atomic mass is 35.5. The molecule has 1 saturated carbocycles. The van der Waals surface area contributed by atoms with Crippen LogP contribution in [-0.4, -0.2) is 6.04 Å². The predicted molar refractivity (Wildman–Crippen MR) is 71.1 cm³/mol. The molecule has 1 nitrogen and oxygen atoms in total. The highest BCUT2D eigenvalue weighted by Crippen LogP contribution is 2.31. The van der Waals surface area contributed by atoms with Gasteiger partial charge in [0.1, 0.15) is 5.82 Å². The third-order valence-electron chi connectivity index (χ3n) is 3.70. The molecule has 0 spiro atoms. The molecule has 2 atom stereocenters. The van der Waals surface area contributed by atoms with Crippen molar-refractivity contribution in [2.45, 2.75) is 45.1 Å². The first-order valence-electron chi connectivity index (χ1n) is 6.42. The largest absolute Gasteiger partial charge is 0.381 e. The van der Waals surface area contributed by atoms with E-state index in [-0.39, 0.29) is 5.82 Å². The normalized spacial score (nSPS) is 24.6. The molecule has 0 amide bonds. The monoisotopic (exact) mass is 255 g/mol. The Kier molecular flexibility index (Phi) is 4.27. The van der Waals surface area contributed by atoms with Crippen molar-refractivity contribution in [3.8, 4) is 0 Å². The van der Waals surface area contributed by atoms with Gasteiger partial charge < -0.3 is 5.32 Å². The number of anilines is 1. The van der Waals surface area contributed by atoms with Crippen LogP contribution in [0.4, 0.5) is 10.1 Å². The van der Waals surface area contributed by atoms with Gasteiger partial charge in [0.25, 0.3) is 0 Å². The van der Waals surface area contributed by atoms with Crippen LogP contribution in [0.25, 0.3) is 0 Å². The van der Waals surface area contributed by atoms with Gasteiger partial charge in [0.2, 0.25) is 0 Å². The quantitative estimate of drug-likeness (QED) is 0.813. The van der Waals surface area contributed by atoms with Crippen LogP contribution >= 0.6 is 11.6 Å². The summed E-state index contributed by atoms with van der Waals surface area (Å²) in [6.45, 7) is 2.22. The van der Waals surface area contributed by atoms with Crippen molar-refractivity contribution in [3.05, 3.63) is 29.0 Å². The van der Waals surface area contributed by atoms with Crippen LogP contribution in [0.5, 0.6) is 0 Å². The van der Waals surface area contributed by atoms with Gasteiger partial charge in [-0.3, -0.25) is 0 Å². The third kappa shape index (κ3) is 3.12. The van der Waals surface area contributed by atoms with Crippen LogP contribution in [-0.2, 0) is 0 Å². The Morgan fingerprint density at radius 2 is 2.12 bits per heavy atom. The van der Waals surface area contributed by atoms with Gasteiger partial charge in [0.05, 0.1) is 10.7 Å². The maximum atomic E-state index is 13.2. The summed E-state index contributed by atoms with van der Waals surface area (Å²) in [5, 5.41) is 4.02. The summed E-state index contributed by atoms with van der Waals surface area (Å²) in [5.41, 5.74) is 0.733. The lowest BCUT2D eigenvalue weighted by Crippen LogP contribution is -2.31. The number of hydrogen-bond donors (Lipinski definition) is 1. The molecule has 3 heteroatoms. The number of rotatable bonds is 3. The van der Waals surface area contributed by atoms with Crippen LogP contribution in [0.15, 0.2) is 18.2 Å². The number of nitrogens with one attached hydrogen (secondary N) is 1. The zero-order valence-electron chi connectivity index (χ0n) is 10.2. The molecule has 1 aliphatic carbocycles. The molecule has 0 saturated heterocycles. The van der Waals surface area contributed by atoms with Gasteiger partial charge in [0, 0.05) is 6.04 Å². The van der Waals surface area contributed by atoms with Crippen molar-refractivity contribution in [1.82, 2.24) is 0 Å². The summed E-state index contributed by atoms with van der Waals surface area (Å²) in [7, 11) is 0. The van der Waals surface area contributed by atoms with Gasteiger partial charge in [0.15, 0.2) is 0 Å². The molecule has 0 heterocycles. The SMILES string of the molecule is CCC1CCCCC1Nc1cc(F)ccc1Cl. The third-order valence-corrected chi connectivity index (χ3v) is 4.03. The molecular weight excluding hydrogens is 237 g/mol. The summed E-state index contributed by atoms with van der Waals surface area (Å²) in [4.78, 5) is 0. The van der Waals surface area contributed by atoms with E-state index in [0.717, 1.165) is 12.1 Å². The summed E-state index contributed by atoms with van der Waals surface area (Å²) in [5.74, 6) is 0.448. The minimum atomic E-state index is -0.235. The minimum Gasteiger partial charge on any atom is -0.381 e. The lowest BCUT2D eigenvalue weighted by Gasteiger charge is -2.32. The van der Waals surface area contributed by atoms with Crippen molar-refractivity contribution in [2.75, 3.05) is 5.32 Å². The predicted octanol–water partition coefficient (Wildman–Crippen LogP) is 4.86. The molecule has 94 valence electrons. The highest BCUT2D eigenvalue weighted by molar-refractivity contribution is 6.33. The van der Waals surface area contributed by atoms with E-state index in [4.69, 9.17) is 11.6 Å². The van der Waals surface area contributed by atoms with Crippen molar-refractivity contribution in [2.24, 2.45) is 5.92 Å². The summed E-state index contributed by atoms with van der Waals surface area (Å²) in [6, 6.07) is 4.94. The highest BCUT2D eigenvalue weighted by Gasteiger charge is 2.23. The second kappa shape index (κ2) is 5.72. The van der Waals surface area contributed by atoms with E-state index in [1.165, 1.54) is 37.8 Å². The molecule has 0 bridgehead atoms. The zero-order chi connectivity index (χ0) is 12.3. The van der Waals surface area contributed by atoms with Crippen molar-refractivity contribution in [1.29, 1.82) is 0 Å². The van der Waals surface area contributed by atoms with E-state index in [1.54, 1.807) is 6.07 Å². The first-order valence-corrected chi connectivity index (χ1v) is 6.80. The van der Waals surface area contributed by atoms with Gasteiger partial charge in [-0.2, -0.15) is 0 Å². The molecule has 1 fully saturated rings. The van der Waals surface area contributed by atoms with Crippen molar-refractivity contribution >= 4 is 17.3 Å². The topological polar surface area (TPSA) is 12.0 Å². The average Bonchev–Trinajstić information content (AvgIpc) is 2.34. The van der Waals surface area contributed by atoms with Crippen molar-refractivity contribution in [3.63, 3.8) is 0 Å². The van der Waals surface area contributed by atoms with E-state index in [0.29, 0.717) is 17.0 Å². The Morgan fingerprint density at radius 1 is 1.35 bits per heavy atom. The van der Waals surface area contributed by atoms with E-state index in [2.05, 4.69) is 12.2 Å². The smallest absolute Gasteiger partial charge is 0.125 e. The van der Waals surface area contributed by atoms with Crippen LogP contribution in [0.1, 0.15) is 39.0 Å². The molecule has 17 heavy (non-hydrogen) atoms. The lowest BCUT2D eigenvalue weighted by atomic mass is 9.83.